The summed E-state index contributed by atoms with van der Waals surface area (Å²) in [4.78, 5) is 21.6. The van der Waals surface area contributed by atoms with E-state index in [1.807, 2.05) is 0 Å². The Kier molecular flexibility index (Phi) is 12.2. The van der Waals surface area contributed by atoms with Crippen molar-refractivity contribution in [2.24, 2.45) is 0 Å². The molecule has 0 aromatic rings. The molecule has 0 aromatic heterocycles. The first-order chi connectivity index (χ1) is 2.00. The maximum atomic E-state index is 8.88. The van der Waals surface area contributed by atoms with E-state index in [9.17, 15) is 0 Å². The number of hydrogen-bond donors (Lipinski definition) is 3. The van der Waals surface area contributed by atoms with Crippen molar-refractivity contribution in [2.75, 3.05) is 0 Å². The Morgan fingerprint density at radius 1 is 1.29 bits per heavy atom. The molecule has 3 N–H and O–H groups in total. The molecule has 0 aliphatic carbocycles. The third-order valence-corrected chi connectivity index (χ3v) is 0. The van der Waals surface area contributed by atoms with Gasteiger partial charge in [0.15, 0.2) is 0 Å². The number of phosphoric acid groups is 1. The molecule has 44 valence electrons. The fourth-order valence-electron chi connectivity index (χ4n) is 0. The molecule has 0 fully saturated rings. The first-order valence-corrected chi connectivity index (χ1v) is 2.35. The zero-order chi connectivity index (χ0) is 4.50. The minimum absolute atomic E-state index is 0. The van der Waals surface area contributed by atoms with E-state index in [0.29, 0.717) is 0 Å². The molecule has 0 aliphatic heterocycles. The minimum atomic E-state index is -4.64. The van der Waals surface area contributed by atoms with Crippen molar-refractivity contribution >= 4 is 40.8 Å². The van der Waals surface area contributed by atoms with Gasteiger partial charge >= 0.3 is 30.9 Å². The number of hydrogen-bond acceptors (Lipinski definition) is 1. The van der Waals surface area contributed by atoms with Gasteiger partial charge in [-0.3, -0.25) is 0 Å². The molecular weight excluding hydrogens is 150 g/mol. The van der Waals surface area contributed by atoms with Crippen LogP contribution in [0.15, 0.2) is 0 Å². The van der Waals surface area contributed by atoms with Crippen LogP contribution in [0.1, 0.15) is 2.85 Å². The van der Waals surface area contributed by atoms with Crippen LogP contribution in [-0.4, -0.2) is 37.7 Å². The Bertz CT molecular complexity index is 62.7. The standard InChI is InChI=1S/Mg.H3O4P.H3P.2H/c;1-5(2,3)4;;;/h;(H3,1,2,3,4);1H3;;/q+2;;;2*-1. The third-order valence-electron chi connectivity index (χ3n) is 0. The van der Waals surface area contributed by atoms with Gasteiger partial charge < -0.3 is 17.5 Å². The maximum absolute atomic E-state index is 8.88. The van der Waals surface area contributed by atoms with Crippen molar-refractivity contribution in [3.63, 3.8) is 0 Å². The second-order valence-corrected chi connectivity index (χ2v) is 1.54. The summed E-state index contributed by atoms with van der Waals surface area (Å²) >= 11 is 0. The molecule has 0 heterocycles. The Morgan fingerprint density at radius 2 is 1.29 bits per heavy atom. The van der Waals surface area contributed by atoms with E-state index < -0.39 is 7.82 Å². The van der Waals surface area contributed by atoms with Gasteiger partial charge in [-0.15, -0.1) is 0 Å². The summed E-state index contributed by atoms with van der Waals surface area (Å²) in [6, 6.07) is 0. The minimum Gasteiger partial charge on any atom is -1.00 e. The van der Waals surface area contributed by atoms with Gasteiger partial charge in [-0.2, -0.15) is 9.90 Å². The van der Waals surface area contributed by atoms with Gasteiger partial charge in [-0.05, 0) is 0 Å². The first kappa shape index (κ1) is 15.7. The molecule has 0 aliphatic rings. The first-order valence-electron chi connectivity index (χ1n) is 0.783. The maximum Gasteiger partial charge on any atom is 2.00 e. The van der Waals surface area contributed by atoms with Crippen molar-refractivity contribution in [1.29, 1.82) is 0 Å². The van der Waals surface area contributed by atoms with E-state index in [0.717, 1.165) is 0 Å². The fraction of sp³-hybridized carbons (Fsp3) is 0. The molecule has 1 atom stereocenters. The summed E-state index contributed by atoms with van der Waals surface area (Å²) in [7, 11) is -4.64. The van der Waals surface area contributed by atoms with Crippen molar-refractivity contribution in [3.8, 4) is 0 Å². The van der Waals surface area contributed by atoms with Crippen LogP contribution in [0.25, 0.3) is 0 Å². The van der Waals surface area contributed by atoms with Gasteiger partial charge in [0.05, 0.1) is 0 Å². The average molecular weight is 158 g/mol. The average Bonchev–Trinajstić information content (AvgIpc) is 0.722. The summed E-state index contributed by atoms with van der Waals surface area (Å²) < 4.78 is 8.88. The van der Waals surface area contributed by atoms with E-state index >= 15 is 0 Å². The largest absolute Gasteiger partial charge is 2.00 e. The van der Waals surface area contributed by atoms with Crippen molar-refractivity contribution < 1.29 is 22.1 Å². The second kappa shape index (κ2) is 5.44. The molecule has 0 aromatic carbocycles. The third kappa shape index (κ3) is 121. The van der Waals surface area contributed by atoms with Crippen molar-refractivity contribution in [1.82, 2.24) is 0 Å². The quantitative estimate of drug-likeness (QED) is 0.311. The van der Waals surface area contributed by atoms with Gasteiger partial charge in [0.1, 0.15) is 0 Å². The van der Waals surface area contributed by atoms with E-state index in [1.165, 1.54) is 0 Å². The van der Waals surface area contributed by atoms with Gasteiger partial charge in [0.2, 0.25) is 0 Å². The van der Waals surface area contributed by atoms with Gasteiger partial charge in [-0.1, -0.05) is 0 Å². The summed E-state index contributed by atoms with van der Waals surface area (Å²) in [6.07, 6.45) is 0. The molecule has 0 rings (SSSR count). The summed E-state index contributed by atoms with van der Waals surface area (Å²) in [5.74, 6) is 0. The van der Waals surface area contributed by atoms with Crippen LogP contribution < -0.4 is 0 Å². The summed E-state index contributed by atoms with van der Waals surface area (Å²) in [5.41, 5.74) is 0. The molecule has 0 amide bonds. The van der Waals surface area contributed by atoms with E-state index in [2.05, 4.69) is 0 Å². The van der Waals surface area contributed by atoms with E-state index in [1.54, 1.807) is 0 Å². The summed E-state index contributed by atoms with van der Waals surface area (Å²) in [6.45, 7) is 0. The molecule has 7 heteroatoms. The van der Waals surface area contributed by atoms with E-state index in [-0.39, 0.29) is 35.8 Å². The molecule has 0 spiro atoms. The van der Waals surface area contributed by atoms with Crippen LogP contribution in [0.3, 0.4) is 0 Å². The Hall–Kier alpha value is 1.31. The molecule has 0 saturated carbocycles. The molecular formula is H8MgO4P2. The Morgan fingerprint density at radius 3 is 1.29 bits per heavy atom. The molecule has 4 nitrogen and oxygen atoms in total. The molecule has 7 heavy (non-hydrogen) atoms. The van der Waals surface area contributed by atoms with Crippen LogP contribution in [0.5, 0.6) is 0 Å². The Labute approximate surface area is 63.3 Å². The molecule has 0 radical (unpaired) electrons. The zero-order valence-corrected chi connectivity index (χ0v) is 7.33. The number of rotatable bonds is 0. The van der Waals surface area contributed by atoms with Crippen LogP contribution >= 0.6 is 17.7 Å². The SMILES string of the molecule is O=P(O)(O)O.P.[H-].[H-].[Mg+2]. The van der Waals surface area contributed by atoms with Crippen molar-refractivity contribution in [3.05, 3.63) is 0 Å². The van der Waals surface area contributed by atoms with Crippen LogP contribution in [-0.2, 0) is 4.57 Å². The second-order valence-electron chi connectivity index (χ2n) is 0.513. The normalized spacial score (nSPS) is 8.43. The molecule has 0 bridgehead atoms. The van der Waals surface area contributed by atoms with Crippen LogP contribution in [0.4, 0.5) is 0 Å². The van der Waals surface area contributed by atoms with Crippen LogP contribution in [0, 0.1) is 0 Å². The smallest absolute Gasteiger partial charge is 1.00 e. The summed E-state index contributed by atoms with van der Waals surface area (Å²) in [5, 5.41) is 0. The van der Waals surface area contributed by atoms with Gasteiger partial charge in [0, 0.05) is 0 Å². The monoisotopic (exact) mass is 158 g/mol. The molecule has 1 unspecified atom stereocenters. The van der Waals surface area contributed by atoms with Crippen LogP contribution in [0.2, 0.25) is 0 Å². The zero-order valence-electron chi connectivity index (χ0n) is 5.61. The van der Waals surface area contributed by atoms with E-state index in [4.69, 9.17) is 19.2 Å². The predicted octanol–water partition coefficient (Wildman–Crippen LogP) is -1.03. The molecule has 0 saturated heterocycles. The van der Waals surface area contributed by atoms with Crippen molar-refractivity contribution in [2.45, 2.75) is 0 Å². The van der Waals surface area contributed by atoms with Gasteiger partial charge in [-0.25, -0.2) is 4.57 Å². The fourth-order valence-corrected chi connectivity index (χ4v) is 0. The Balaban J connectivity index is -0.0000000133. The predicted molar refractivity (Wildman–Crippen MR) is 33.3 cm³/mol. The van der Waals surface area contributed by atoms with Gasteiger partial charge in [0.25, 0.3) is 0 Å². The topological polar surface area (TPSA) is 77.8 Å².